The zero-order valence-electron chi connectivity index (χ0n) is 14.3. The van der Waals surface area contributed by atoms with E-state index >= 15 is 0 Å². The van der Waals surface area contributed by atoms with Gasteiger partial charge in [0.05, 0.1) is 11.3 Å². The van der Waals surface area contributed by atoms with Gasteiger partial charge >= 0.3 is 6.03 Å². The summed E-state index contributed by atoms with van der Waals surface area (Å²) in [7, 11) is 0. The quantitative estimate of drug-likeness (QED) is 0.789. The van der Waals surface area contributed by atoms with E-state index in [4.69, 9.17) is 0 Å². The molecule has 0 bridgehead atoms. The molecular weight excluding hydrogens is 304 g/mol. The molecule has 1 aromatic carbocycles. The van der Waals surface area contributed by atoms with Crippen molar-refractivity contribution < 1.29 is 9.90 Å². The molecule has 3 rings (SSSR count). The number of carbonyl (C=O) groups excluding carboxylic acids is 1. The fourth-order valence-corrected chi connectivity index (χ4v) is 2.63. The highest BCUT2D eigenvalue weighted by Crippen LogP contribution is 2.32. The Morgan fingerprint density at radius 3 is 2.54 bits per heavy atom. The number of urea groups is 1. The van der Waals surface area contributed by atoms with Crippen LogP contribution in [0.2, 0.25) is 0 Å². The van der Waals surface area contributed by atoms with Crippen molar-refractivity contribution in [1.29, 1.82) is 0 Å². The van der Waals surface area contributed by atoms with Gasteiger partial charge in [-0.05, 0) is 57.2 Å². The summed E-state index contributed by atoms with van der Waals surface area (Å²) >= 11 is 0. The Bertz CT molecular complexity index is 711. The van der Waals surface area contributed by atoms with Crippen LogP contribution in [-0.2, 0) is 5.60 Å². The summed E-state index contributed by atoms with van der Waals surface area (Å²) in [4.78, 5) is 12.0. The molecule has 24 heavy (non-hydrogen) atoms. The van der Waals surface area contributed by atoms with E-state index in [1.807, 2.05) is 31.2 Å². The van der Waals surface area contributed by atoms with Crippen molar-refractivity contribution in [3.8, 4) is 5.69 Å². The average Bonchev–Trinajstić information content (AvgIpc) is 3.27. The molecule has 0 spiro atoms. The van der Waals surface area contributed by atoms with E-state index in [0.29, 0.717) is 11.7 Å². The van der Waals surface area contributed by atoms with Crippen LogP contribution in [0, 0.1) is 5.92 Å². The van der Waals surface area contributed by atoms with E-state index in [0.717, 1.165) is 11.3 Å². The van der Waals surface area contributed by atoms with Crippen molar-refractivity contribution in [1.82, 2.24) is 15.1 Å². The molecule has 0 radical (unpaired) electrons. The lowest BCUT2D eigenvalue weighted by molar-refractivity contribution is 0.0786. The summed E-state index contributed by atoms with van der Waals surface area (Å²) in [5.41, 5.74) is 0.833. The van der Waals surface area contributed by atoms with Crippen LogP contribution in [0.3, 0.4) is 0 Å². The average molecular weight is 328 g/mol. The molecule has 2 amide bonds. The van der Waals surface area contributed by atoms with Crippen LogP contribution in [0.1, 0.15) is 39.2 Å². The van der Waals surface area contributed by atoms with Gasteiger partial charge in [-0.15, -0.1) is 5.10 Å². The Hall–Kier alpha value is -2.34. The van der Waals surface area contributed by atoms with E-state index in [2.05, 4.69) is 15.7 Å². The normalized spacial score (nSPS) is 15.8. The second-order valence-electron chi connectivity index (χ2n) is 6.98. The summed E-state index contributed by atoms with van der Waals surface area (Å²) in [5.74, 6) is 1.12. The second-order valence-corrected chi connectivity index (χ2v) is 6.98. The van der Waals surface area contributed by atoms with Crippen molar-refractivity contribution in [2.24, 2.45) is 5.92 Å². The third-order valence-electron chi connectivity index (χ3n) is 4.36. The van der Waals surface area contributed by atoms with E-state index in [1.165, 1.54) is 12.8 Å². The number of hydrogen-bond donors (Lipinski definition) is 3. The Kier molecular flexibility index (Phi) is 4.32. The van der Waals surface area contributed by atoms with Gasteiger partial charge in [0.1, 0.15) is 0 Å². The molecule has 1 aromatic heterocycles. The van der Waals surface area contributed by atoms with Crippen LogP contribution < -0.4 is 10.6 Å². The minimum absolute atomic E-state index is 0.196. The van der Waals surface area contributed by atoms with Crippen LogP contribution in [0.25, 0.3) is 5.69 Å². The Balaban J connectivity index is 1.63. The first kappa shape index (κ1) is 16.5. The number of aromatic nitrogens is 2. The number of nitrogens with one attached hydrogen (secondary N) is 2. The lowest BCUT2D eigenvalue weighted by atomic mass is 9.98. The van der Waals surface area contributed by atoms with Crippen molar-refractivity contribution >= 4 is 11.8 Å². The van der Waals surface area contributed by atoms with Crippen LogP contribution in [-0.4, -0.2) is 27.0 Å². The number of carbonyl (C=O) groups is 1. The van der Waals surface area contributed by atoms with Crippen LogP contribution in [0.15, 0.2) is 36.5 Å². The van der Waals surface area contributed by atoms with Gasteiger partial charge < -0.3 is 10.4 Å². The molecule has 6 heteroatoms. The molecule has 128 valence electrons. The Morgan fingerprint density at radius 1 is 1.29 bits per heavy atom. The first-order chi connectivity index (χ1) is 11.3. The minimum Gasteiger partial charge on any atom is -0.386 e. The van der Waals surface area contributed by atoms with Gasteiger partial charge in [-0.25, -0.2) is 9.48 Å². The summed E-state index contributed by atoms with van der Waals surface area (Å²) < 4.78 is 1.69. The first-order valence-corrected chi connectivity index (χ1v) is 8.29. The van der Waals surface area contributed by atoms with E-state index in [-0.39, 0.29) is 12.1 Å². The molecular formula is C18H24N4O2. The molecule has 1 saturated carbocycles. The highest BCUT2D eigenvalue weighted by atomic mass is 16.3. The van der Waals surface area contributed by atoms with Gasteiger partial charge in [-0.1, -0.05) is 12.1 Å². The monoisotopic (exact) mass is 328 g/mol. The minimum atomic E-state index is -0.869. The van der Waals surface area contributed by atoms with Gasteiger partial charge in [0.2, 0.25) is 0 Å². The molecule has 1 heterocycles. The summed E-state index contributed by atoms with van der Waals surface area (Å²) in [6.45, 7) is 5.53. The molecule has 1 fully saturated rings. The molecule has 1 aliphatic carbocycles. The van der Waals surface area contributed by atoms with Gasteiger partial charge in [0.25, 0.3) is 0 Å². The van der Waals surface area contributed by atoms with Crippen LogP contribution >= 0.6 is 0 Å². The molecule has 6 nitrogen and oxygen atoms in total. The highest BCUT2D eigenvalue weighted by molar-refractivity contribution is 5.88. The van der Waals surface area contributed by atoms with Crippen molar-refractivity contribution in [2.45, 2.75) is 45.3 Å². The van der Waals surface area contributed by atoms with E-state index in [1.54, 1.807) is 30.8 Å². The highest BCUT2D eigenvalue weighted by Gasteiger charge is 2.28. The maximum atomic E-state index is 12.0. The van der Waals surface area contributed by atoms with Crippen LogP contribution in [0.5, 0.6) is 0 Å². The first-order valence-electron chi connectivity index (χ1n) is 8.29. The molecule has 3 N–H and O–H groups in total. The number of benzene rings is 1. The third-order valence-corrected chi connectivity index (χ3v) is 4.36. The number of nitrogens with zero attached hydrogens (tertiary/aromatic N) is 2. The van der Waals surface area contributed by atoms with Gasteiger partial charge in [-0.3, -0.25) is 5.32 Å². The number of aliphatic hydroxyl groups is 1. The maximum absolute atomic E-state index is 12.0. The predicted molar refractivity (Wildman–Crippen MR) is 93.1 cm³/mol. The Labute approximate surface area is 141 Å². The predicted octanol–water partition coefficient (Wildman–Crippen LogP) is 3.02. The molecule has 2 aromatic rings. The van der Waals surface area contributed by atoms with Gasteiger partial charge in [-0.2, -0.15) is 0 Å². The van der Waals surface area contributed by atoms with Gasteiger partial charge in [0.15, 0.2) is 5.82 Å². The standard InChI is InChI=1S/C18H24N4O2/c1-12(13-4-5-13)19-17(23)20-16-10-11-22(21-16)15-8-6-14(7-9-15)18(2,3)24/h6-13,24H,4-5H2,1-3H3,(H2,19,20,21,23)/t12-/m0/s1. The second kappa shape index (κ2) is 6.28. The van der Waals surface area contributed by atoms with Gasteiger partial charge in [0, 0.05) is 18.3 Å². The molecule has 0 unspecified atom stereocenters. The van der Waals surface area contributed by atoms with E-state index < -0.39 is 5.60 Å². The maximum Gasteiger partial charge on any atom is 0.320 e. The summed E-state index contributed by atoms with van der Waals surface area (Å²) in [5, 5.41) is 20.1. The number of hydrogen-bond acceptors (Lipinski definition) is 3. The smallest absolute Gasteiger partial charge is 0.320 e. The van der Waals surface area contributed by atoms with Crippen molar-refractivity contribution in [3.05, 3.63) is 42.1 Å². The van der Waals surface area contributed by atoms with Crippen molar-refractivity contribution in [2.75, 3.05) is 5.32 Å². The third kappa shape index (κ3) is 3.94. The Morgan fingerprint density at radius 2 is 1.96 bits per heavy atom. The summed E-state index contributed by atoms with van der Waals surface area (Å²) in [6.07, 6.45) is 4.17. The van der Waals surface area contributed by atoms with E-state index in [9.17, 15) is 9.90 Å². The SMILES string of the molecule is C[C@H](NC(=O)Nc1ccn(-c2ccc(C(C)(C)O)cc2)n1)C1CC1. The fraction of sp³-hybridized carbons (Fsp3) is 0.444. The molecule has 1 aliphatic rings. The zero-order valence-corrected chi connectivity index (χ0v) is 14.3. The van der Waals surface area contributed by atoms with Crippen LogP contribution in [0.4, 0.5) is 10.6 Å². The molecule has 0 aliphatic heterocycles. The summed E-state index contributed by atoms with van der Waals surface area (Å²) in [6, 6.07) is 9.24. The fourth-order valence-electron chi connectivity index (χ4n) is 2.63. The lowest BCUT2D eigenvalue weighted by Crippen LogP contribution is -2.37. The number of amides is 2. The largest absolute Gasteiger partial charge is 0.386 e. The number of rotatable bonds is 5. The topological polar surface area (TPSA) is 79.2 Å². The molecule has 0 saturated heterocycles. The molecule has 1 atom stereocenters. The lowest BCUT2D eigenvalue weighted by Gasteiger charge is -2.17. The number of anilines is 1. The zero-order chi connectivity index (χ0) is 17.3. The van der Waals surface area contributed by atoms with Crippen molar-refractivity contribution in [3.63, 3.8) is 0 Å².